The quantitative estimate of drug-likeness (QED) is 0.848. The molecule has 126 valence electrons. The Kier molecular flexibility index (Phi) is 4.99. The highest BCUT2D eigenvalue weighted by Crippen LogP contribution is 2.33. The van der Waals surface area contributed by atoms with Crippen molar-refractivity contribution < 1.29 is 14.3 Å². The SMILES string of the molecule is CCN(CCc1ccncc1)C(=O)c1cc2c(cc1C)OCCO2. The third-order valence-corrected chi connectivity index (χ3v) is 4.21. The van der Waals surface area contributed by atoms with Crippen LogP contribution in [0.5, 0.6) is 11.5 Å². The second-order valence-electron chi connectivity index (χ2n) is 5.80. The van der Waals surface area contributed by atoms with E-state index in [1.165, 1.54) is 5.56 Å². The van der Waals surface area contributed by atoms with Crippen LogP contribution in [0.2, 0.25) is 0 Å². The minimum Gasteiger partial charge on any atom is -0.486 e. The average molecular weight is 326 g/mol. The van der Waals surface area contributed by atoms with Crippen LogP contribution >= 0.6 is 0 Å². The summed E-state index contributed by atoms with van der Waals surface area (Å²) in [6, 6.07) is 7.65. The van der Waals surface area contributed by atoms with Gasteiger partial charge in [-0.25, -0.2) is 0 Å². The topological polar surface area (TPSA) is 51.7 Å². The fraction of sp³-hybridized carbons (Fsp3) is 0.368. The second-order valence-corrected chi connectivity index (χ2v) is 5.80. The summed E-state index contributed by atoms with van der Waals surface area (Å²) in [5.41, 5.74) is 2.76. The van der Waals surface area contributed by atoms with Gasteiger partial charge in [-0.15, -0.1) is 0 Å². The first-order valence-corrected chi connectivity index (χ1v) is 8.27. The van der Waals surface area contributed by atoms with E-state index in [1.54, 1.807) is 18.5 Å². The van der Waals surface area contributed by atoms with E-state index in [0.29, 0.717) is 37.6 Å². The van der Waals surface area contributed by atoms with Crippen LogP contribution in [0.1, 0.15) is 28.4 Å². The Bertz CT molecular complexity index is 716. The van der Waals surface area contributed by atoms with Gasteiger partial charge in [-0.1, -0.05) is 0 Å². The zero-order valence-electron chi connectivity index (χ0n) is 14.1. The van der Waals surface area contributed by atoms with Crippen molar-refractivity contribution in [2.24, 2.45) is 0 Å². The van der Waals surface area contributed by atoms with Gasteiger partial charge >= 0.3 is 0 Å². The molecule has 0 bridgehead atoms. The Hall–Kier alpha value is -2.56. The lowest BCUT2D eigenvalue weighted by Crippen LogP contribution is -2.33. The van der Waals surface area contributed by atoms with Crippen LogP contribution in [0.3, 0.4) is 0 Å². The van der Waals surface area contributed by atoms with Gasteiger partial charge in [0, 0.05) is 31.0 Å². The molecule has 24 heavy (non-hydrogen) atoms. The summed E-state index contributed by atoms with van der Waals surface area (Å²) in [5.74, 6) is 1.40. The molecule has 0 N–H and O–H groups in total. The highest BCUT2D eigenvalue weighted by atomic mass is 16.6. The van der Waals surface area contributed by atoms with Gasteiger partial charge in [0.2, 0.25) is 0 Å². The van der Waals surface area contributed by atoms with Gasteiger partial charge in [0.1, 0.15) is 13.2 Å². The molecule has 5 nitrogen and oxygen atoms in total. The zero-order valence-corrected chi connectivity index (χ0v) is 14.1. The molecule has 0 fully saturated rings. The van der Waals surface area contributed by atoms with Gasteiger partial charge in [0.25, 0.3) is 5.91 Å². The highest BCUT2D eigenvalue weighted by molar-refractivity contribution is 5.96. The number of rotatable bonds is 5. The molecule has 1 amide bonds. The fourth-order valence-corrected chi connectivity index (χ4v) is 2.81. The van der Waals surface area contributed by atoms with E-state index in [2.05, 4.69) is 4.98 Å². The number of amides is 1. The molecule has 5 heteroatoms. The van der Waals surface area contributed by atoms with Gasteiger partial charge in [0.05, 0.1) is 0 Å². The molecule has 0 radical (unpaired) electrons. The van der Waals surface area contributed by atoms with Crippen LogP contribution in [0.25, 0.3) is 0 Å². The maximum Gasteiger partial charge on any atom is 0.254 e. The number of aryl methyl sites for hydroxylation is 1. The average Bonchev–Trinajstić information content (AvgIpc) is 2.62. The van der Waals surface area contributed by atoms with Crippen LogP contribution in [0.4, 0.5) is 0 Å². The summed E-state index contributed by atoms with van der Waals surface area (Å²) in [7, 11) is 0. The molecular formula is C19H22N2O3. The van der Waals surface area contributed by atoms with Crippen LogP contribution in [0.15, 0.2) is 36.7 Å². The smallest absolute Gasteiger partial charge is 0.254 e. The van der Waals surface area contributed by atoms with E-state index in [1.807, 2.05) is 36.9 Å². The minimum absolute atomic E-state index is 0.0287. The van der Waals surface area contributed by atoms with Crippen molar-refractivity contribution in [3.05, 3.63) is 53.3 Å². The molecule has 0 unspecified atom stereocenters. The van der Waals surface area contributed by atoms with Crippen molar-refractivity contribution in [2.75, 3.05) is 26.3 Å². The van der Waals surface area contributed by atoms with Gasteiger partial charge in [-0.05, 0) is 55.7 Å². The van der Waals surface area contributed by atoms with Crippen molar-refractivity contribution in [2.45, 2.75) is 20.3 Å². The molecule has 0 spiro atoms. The number of nitrogens with zero attached hydrogens (tertiary/aromatic N) is 2. The number of aromatic nitrogens is 1. The van der Waals surface area contributed by atoms with Crippen LogP contribution in [-0.4, -0.2) is 42.1 Å². The predicted molar refractivity (Wildman–Crippen MR) is 91.7 cm³/mol. The maximum atomic E-state index is 12.9. The molecule has 1 aromatic carbocycles. The number of likely N-dealkylation sites (N-methyl/N-ethyl adjacent to an activating group) is 1. The molecule has 1 aliphatic rings. The fourth-order valence-electron chi connectivity index (χ4n) is 2.81. The summed E-state index contributed by atoms with van der Waals surface area (Å²) < 4.78 is 11.2. The Morgan fingerprint density at radius 3 is 2.50 bits per heavy atom. The lowest BCUT2D eigenvalue weighted by molar-refractivity contribution is 0.0764. The summed E-state index contributed by atoms with van der Waals surface area (Å²) >= 11 is 0. The third kappa shape index (κ3) is 3.50. The van der Waals surface area contributed by atoms with Crippen molar-refractivity contribution >= 4 is 5.91 Å². The van der Waals surface area contributed by atoms with Gasteiger partial charge in [-0.3, -0.25) is 9.78 Å². The minimum atomic E-state index is 0.0287. The van der Waals surface area contributed by atoms with Crippen LogP contribution in [0, 0.1) is 6.92 Å². The highest BCUT2D eigenvalue weighted by Gasteiger charge is 2.21. The molecule has 0 aliphatic carbocycles. The van der Waals surface area contributed by atoms with Crippen molar-refractivity contribution in [3.63, 3.8) is 0 Å². The molecule has 0 saturated carbocycles. The summed E-state index contributed by atoms with van der Waals surface area (Å²) in [5, 5.41) is 0. The molecule has 2 heterocycles. The summed E-state index contributed by atoms with van der Waals surface area (Å²) in [6.45, 7) is 6.33. The van der Waals surface area contributed by atoms with Gasteiger partial charge < -0.3 is 14.4 Å². The molecule has 0 atom stereocenters. The standard InChI is InChI=1S/C19H22N2O3/c1-3-21(9-6-15-4-7-20-8-5-15)19(22)16-13-18-17(12-14(16)2)23-10-11-24-18/h4-5,7-8,12-13H,3,6,9-11H2,1-2H3. The zero-order chi connectivity index (χ0) is 16.9. The normalized spacial score (nSPS) is 12.8. The Morgan fingerprint density at radius 1 is 1.17 bits per heavy atom. The number of hydrogen-bond acceptors (Lipinski definition) is 4. The monoisotopic (exact) mass is 326 g/mol. The van der Waals surface area contributed by atoms with Crippen LogP contribution in [-0.2, 0) is 6.42 Å². The number of pyridine rings is 1. The summed E-state index contributed by atoms with van der Waals surface area (Å²) in [6.07, 6.45) is 4.36. The first-order chi connectivity index (χ1) is 11.7. The van der Waals surface area contributed by atoms with Gasteiger partial charge in [-0.2, -0.15) is 0 Å². The first-order valence-electron chi connectivity index (χ1n) is 8.27. The second kappa shape index (κ2) is 7.34. The van der Waals surface area contributed by atoms with E-state index < -0.39 is 0 Å². The molecule has 0 saturated heterocycles. The van der Waals surface area contributed by atoms with Crippen molar-refractivity contribution in [1.29, 1.82) is 0 Å². The number of ether oxygens (including phenoxy) is 2. The molecular weight excluding hydrogens is 304 g/mol. The Labute approximate surface area is 142 Å². The number of carbonyl (C=O) groups is 1. The van der Waals surface area contributed by atoms with Crippen LogP contribution < -0.4 is 9.47 Å². The number of fused-ring (bicyclic) bond motifs is 1. The number of benzene rings is 1. The molecule has 2 aromatic rings. The van der Waals surface area contributed by atoms with Crippen molar-refractivity contribution in [1.82, 2.24) is 9.88 Å². The predicted octanol–water partition coefficient (Wildman–Crippen LogP) is 2.87. The number of hydrogen-bond donors (Lipinski definition) is 0. The first kappa shape index (κ1) is 16.3. The van der Waals surface area contributed by atoms with E-state index >= 15 is 0 Å². The van der Waals surface area contributed by atoms with E-state index in [9.17, 15) is 4.79 Å². The van der Waals surface area contributed by atoms with E-state index in [-0.39, 0.29) is 5.91 Å². The van der Waals surface area contributed by atoms with E-state index in [0.717, 1.165) is 17.7 Å². The third-order valence-electron chi connectivity index (χ3n) is 4.21. The maximum absolute atomic E-state index is 12.9. The largest absolute Gasteiger partial charge is 0.486 e. The van der Waals surface area contributed by atoms with Gasteiger partial charge in [0.15, 0.2) is 11.5 Å². The summed E-state index contributed by atoms with van der Waals surface area (Å²) in [4.78, 5) is 18.8. The number of carbonyl (C=O) groups excluding carboxylic acids is 1. The van der Waals surface area contributed by atoms with Crippen molar-refractivity contribution in [3.8, 4) is 11.5 Å². The Morgan fingerprint density at radius 2 is 1.83 bits per heavy atom. The van der Waals surface area contributed by atoms with E-state index in [4.69, 9.17) is 9.47 Å². The lowest BCUT2D eigenvalue weighted by Gasteiger charge is -2.24. The molecule has 1 aliphatic heterocycles. The lowest BCUT2D eigenvalue weighted by atomic mass is 10.1. The Balaban J connectivity index is 1.76. The molecule has 1 aromatic heterocycles. The molecule has 3 rings (SSSR count).